The number of carboxylic acids is 1. The lowest BCUT2D eigenvalue weighted by Gasteiger charge is -2.18. The molecule has 0 unspecified atom stereocenters. The van der Waals surface area contributed by atoms with E-state index < -0.39 is 5.97 Å². The topological polar surface area (TPSA) is 114 Å². The summed E-state index contributed by atoms with van der Waals surface area (Å²) in [5, 5.41) is 14.1. The van der Waals surface area contributed by atoms with Gasteiger partial charge in [0.05, 0.1) is 12.3 Å². The van der Waals surface area contributed by atoms with Crippen LogP contribution in [0.2, 0.25) is 0 Å². The van der Waals surface area contributed by atoms with Gasteiger partial charge in [-0.25, -0.2) is 0 Å². The number of hydrogen-bond donors (Lipinski definition) is 3. The maximum absolute atomic E-state index is 12.3. The molecule has 1 aliphatic rings. The first-order chi connectivity index (χ1) is 13.5. The molecule has 2 amide bonds. The first-order valence-electron chi connectivity index (χ1n) is 8.80. The number of benzene rings is 2. The van der Waals surface area contributed by atoms with E-state index in [9.17, 15) is 14.4 Å². The fraction of sp³-hybridized carbons (Fsp3) is 0.250. The SMILES string of the molecule is O=C(O)CCCOc1ccc(CNC(=O)c2ccc3c(c2)NC(=O)CO3)cc1. The van der Waals surface area contributed by atoms with Gasteiger partial charge in [0.1, 0.15) is 11.5 Å². The first-order valence-corrected chi connectivity index (χ1v) is 8.80. The molecule has 0 bridgehead atoms. The molecule has 0 spiro atoms. The normalized spacial score (nSPS) is 12.4. The molecule has 2 aromatic carbocycles. The van der Waals surface area contributed by atoms with Crippen molar-refractivity contribution in [3.8, 4) is 11.5 Å². The zero-order chi connectivity index (χ0) is 19.9. The van der Waals surface area contributed by atoms with Gasteiger partial charge in [0.2, 0.25) is 0 Å². The van der Waals surface area contributed by atoms with Crippen LogP contribution in [0.3, 0.4) is 0 Å². The molecule has 0 saturated carbocycles. The lowest BCUT2D eigenvalue weighted by molar-refractivity contribution is -0.137. The minimum Gasteiger partial charge on any atom is -0.494 e. The van der Waals surface area contributed by atoms with Crippen molar-refractivity contribution in [1.29, 1.82) is 0 Å². The van der Waals surface area contributed by atoms with Crippen molar-refractivity contribution in [2.75, 3.05) is 18.5 Å². The molecule has 146 valence electrons. The van der Waals surface area contributed by atoms with E-state index in [0.29, 0.717) is 42.3 Å². The Balaban J connectivity index is 1.50. The Kier molecular flexibility index (Phi) is 6.11. The second-order valence-electron chi connectivity index (χ2n) is 6.22. The van der Waals surface area contributed by atoms with Crippen LogP contribution in [-0.4, -0.2) is 36.1 Å². The molecular formula is C20H20N2O6. The van der Waals surface area contributed by atoms with Crippen molar-refractivity contribution in [2.24, 2.45) is 0 Å². The second kappa shape index (κ2) is 8.90. The van der Waals surface area contributed by atoms with Gasteiger partial charge >= 0.3 is 5.97 Å². The molecule has 1 aliphatic heterocycles. The maximum atomic E-state index is 12.3. The molecule has 3 N–H and O–H groups in total. The Labute approximate surface area is 161 Å². The van der Waals surface area contributed by atoms with E-state index >= 15 is 0 Å². The third-order valence-electron chi connectivity index (χ3n) is 4.05. The third-order valence-corrected chi connectivity index (χ3v) is 4.05. The molecule has 3 rings (SSSR count). The number of carboxylic acid groups (broad SMARTS) is 1. The molecule has 0 radical (unpaired) electrons. The Morgan fingerprint density at radius 3 is 2.71 bits per heavy atom. The highest BCUT2D eigenvalue weighted by atomic mass is 16.5. The van der Waals surface area contributed by atoms with Crippen LogP contribution >= 0.6 is 0 Å². The number of aliphatic carboxylic acids is 1. The molecular weight excluding hydrogens is 364 g/mol. The van der Waals surface area contributed by atoms with Crippen molar-refractivity contribution in [3.63, 3.8) is 0 Å². The summed E-state index contributed by atoms with van der Waals surface area (Å²) in [6.07, 6.45) is 0.516. The van der Waals surface area contributed by atoms with Crippen molar-refractivity contribution in [3.05, 3.63) is 53.6 Å². The standard InChI is InChI=1S/C20H20N2O6/c23-18-12-28-17-8-5-14(10-16(17)22-18)20(26)21-11-13-3-6-15(7-4-13)27-9-1-2-19(24)25/h3-8,10H,1-2,9,11-12H2,(H,21,26)(H,22,23)(H,24,25). The first kappa shape index (κ1) is 19.2. The molecule has 0 aliphatic carbocycles. The van der Waals surface area contributed by atoms with Crippen LogP contribution in [0.4, 0.5) is 5.69 Å². The fourth-order valence-corrected chi connectivity index (χ4v) is 2.63. The number of hydrogen-bond acceptors (Lipinski definition) is 5. The Morgan fingerprint density at radius 2 is 1.96 bits per heavy atom. The predicted octanol–water partition coefficient (Wildman–Crippen LogP) is 2.19. The summed E-state index contributed by atoms with van der Waals surface area (Å²) in [6, 6.07) is 12.1. The molecule has 2 aromatic rings. The van der Waals surface area contributed by atoms with Crippen LogP contribution < -0.4 is 20.1 Å². The van der Waals surface area contributed by atoms with Crippen LogP contribution in [0.15, 0.2) is 42.5 Å². The number of fused-ring (bicyclic) bond motifs is 1. The largest absolute Gasteiger partial charge is 0.494 e. The molecule has 0 aromatic heterocycles. The number of ether oxygens (including phenoxy) is 2. The average molecular weight is 384 g/mol. The zero-order valence-corrected chi connectivity index (χ0v) is 15.1. The minimum atomic E-state index is -0.844. The molecule has 0 fully saturated rings. The van der Waals surface area contributed by atoms with E-state index in [1.165, 1.54) is 0 Å². The minimum absolute atomic E-state index is 0.0299. The summed E-state index contributed by atoms with van der Waals surface area (Å²) in [4.78, 5) is 34.2. The van der Waals surface area contributed by atoms with Gasteiger partial charge in [0, 0.05) is 18.5 Å². The van der Waals surface area contributed by atoms with Gasteiger partial charge in [-0.2, -0.15) is 0 Å². The molecule has 1 heterocycles. The number of carbonyl (C=O) groups is 3. The highest BCUT2D eigenvalue weighted by Crippen LogP contribution is 2.28. The van der Waals surface area contributed by atoms with E-state index in [-0.39, 0.29) is 24.8 Å². The zero-order valence-electron chi connectivity index (χ0n) is 15.1. The van der Waals surface area contributed by atoms with Crippen LogP contribution in [0.25, 0.3) is 0 Å². The summed E-state index contributed by atoms with van der Waals surface area (Å²) in [7, 11) is 0. The quantitative estimate of drug-likeness (QED) is 0.601. The number of rotatable bonds is 8. The van der Waals surface area contributed by atoms with Gasteiger partial charge in [-0.15, -0.1) is 0 Å². The summed E-state index contributed by atoms with van der Waals surface area (Å²) >= 11 is 0. The fourth-order valence-electron chi connectivity index (χ4n) is 2.63. The van der Waals surface area contributed by atoms with Crippen LogP contribution in [0, 0.1) is 0 Å². The maximum Gasteiger partial charge on any atom is 0.303 e. The van der Waals surface area contributed by atoms with Crippen LogP contribution in [-0.2, 0) is 16.1 Å². The van der Waals surface area contributed by atoms with E-state index in [1.54, 1.807) is 30.3 Å². The summed E-state index contributed by atoms with van der Waals surface area (Å²) in [5.74, 6) is -0.184. The van der Waals surface area contributed by atoms with Crippen LogP contribution in [0.1, 0.15) is 28.8 Å². The molecule has 8 nitrogen and oxygen atoms in total. The molecule has 0 saturated heterocycles. The summed E-state index contributed by atoms with van der Waals surface area (Å²) in [5.41, 5.74) is 1.79. The highest BCUT2D eigenvalue weighted by Gasteiger charge is 2.17. The predicted molar refractivity (Wildman–Crippen MR) is 101 cm³/mol. The van der Waals surface area contributed by atoms with E-state index in [0.717, 1.165) is 5.56 Å². The third kappa shape index (κ3) is 5.23. The van der Waals surface area contributed by atoms with E-state index in [4.69, 9.17) is 14.6 Å². The van der Waals surface area contributed by atoms with Gasteiger partial charge < -0.3 is 25.2 Å². The van der Waals surface area contributed by atoms with Crippen molar-refractivity contribution >= 4 is 23.5 Å². The number of nitrogens with one attached hydrogen (secondary N) is 2. The van der Waals surface area contributed by atoms with Gasteiger partial charge in [-0.05, 0) is 42.3 Å². The highest BCUT2D eigenvalue weighted by molar-refractivity contribution is 5.99. The van der Waals surface area contributed by atoms with Crippen LogP contribution in [0.5, 0.6) is 11.5 Å². The van der Waals surface area contributed by atoms with Crippen molar-refractivity contribution in [1.82, 2.24) is 5.32 Å². The van der Waals surface area contributed by atoms with E-state index in [2.05, 4.69) is 10.6 Å². The lowest BCUT2D eigenvalue weighted by Crippen LogP contribution is -2.27. The van der Waals surface area contributed by atoms with Gasteiger partial charge in [-0.1, -0.05) is 12.1 Å². The number of amides is 2. The molecule has 28 heavy (non-hydrogen) atoms. The Hall–Kier alpha value is -3.55. The summed E-state index contributed by atoms with van der Waals surface area (Å²) < 4.78 is 10.7. The molecule has 0 atom stereocenters. The van der Waals surface area contributed by atoms with Gasteiger partial charge in [0.15, 0.2) is 6.61 Å². The van der Waals surface area contributed by atoms with Crippen molar-refractivity contribution in [2.45, 2.75) is 19.4 Å². The monoisotopic (exact) mass is 384 g/mol. The molecule has 8 heteroatoms. The van der Waals surface area contributed by atoms with Crippen molar-refractivity contribution < 1.29 is 29.0 Å². The summed E-state index contributed by atoms with van der Waals surface area (Å²) in [6.45, 7) is 0.636. The Bertz CT molecular complexity index is 879. The number of anilines is 1. The Morgan fingerprint density at radius 1 is 1.18 bits per heavy atom. The lowest BCUT2D eigenvalue weighted by atomic mass is 10.1. The average Bonchev–Trinajstić information content (AvgIpc) is 2.69. The van der Waals surface area contributed by atoms with E-state index in [1.807, 2.05) is 12.1 Å². The smallest absolute Gasteiger partial charge is 0.303 e. The second-order valence-corrected chi connectivity index (χ2v) is 6.22. The van der Waals surface area contributed by atoms with Gasteiger partial charge in [-0.3, -0.25) is 14.4 Å². The van der Waals surface area contributed by atoms with Gasteiger partial charge in [0.25, 0.3) is 11.8 Å². The number of carbonyl (C=O) groups excluding carboxylic acids is 2.